The third-order valence-corrected chi connectivity index (χ3v) is 5.74. The van der Waals surface area contributed by atoms with E-state index in [1.54, 1.807) is 6.34 Å². The van der Waals surface area contributed by atoms with E-state index in [4.69, 9.17) is 15.2 Å². The van der Waals surface area contributed by atoms with E-state index < -0.39 is 18.4 Å². The van der Waals surface area contributed by atoms with Crippen LogP contribution >= 0.6 is 0 Å². The van der Waals surface area contributed by atoms with Crippen LogP contribution in [0.4, 0.5) is 0 Å². The Morgan fingerprint density at radius 1 is 1.14 bits per heavy atom. The van der Waals surface area contributed by atoms with E-state index in [9.17, 15) is 5.11 Å². The fraction of sp³-hybridized carbons (Fsp3) is 0.850. The molecule has 0 bridgehead atoms. The van der Waals surface area contributed by atoms with Gasteiger partial charge in [0, 0.05) is 6.61 Å². The average Bonchev–Trinajstić information content (AvgIpc) is 3.26. The van der Waals surface area contributed by atoms with Crippen molar-refractivity contribution >= 4 is 18.5 Å². The first-order valence-electron chi connectivity index (χ1n) is 10.8. The van der Waals surface area contributed by atoms with Crippen LogP contribution in [0.25, 0.3) is 0 Å². The van der Waals surface area contributed by atoms with Gasteiger partial charge >= 0.3 is 0 Å². The van der Waals surface area contributed by atoms with Gasteiger partial charge in [-0.2, -0.15) is 0 Å². The minimum Gasteiger partial charge on any atom is -0.388 e. The summed E-state index contributed by atoms with van der Waals surface area (Å²) < 4.78 is 12.2. The van der Waals surface area contributed by atoms with Crippen LogP contribution in [0.5, 0.6) is 0 Å². The SMILES string of the molecule is CCCCCCCCCO[C@H]1C(O)[C@@H](CC)O[C@H]1N1C=NC2C(N)=NC=NC21. The molecule has 1 fully saturated rings. The lowest BCUT2D eigenvalue weighted by atomic mass is 10.1. The Labute approximate surface area is 167 Å². The highest BCUT2D eigenvalue weighted by molar-refractivity contribution is 5.96. The maximum absolute atomic E-state index is 10.7. The number of ether oxygens (including phenoxy) is 2. The smallest absolute Gasteiger partial charge is 0.162 e. The molecule has 0 spiro atoms. The molecule has 8 heteroatoms. The van der Waals surface area contributed by atoms with Crippen LogP contribution in [-0.2, 0) is 9.47 Å². The van der Waals surface area contributed by atoms with E-state index >= 15 is 0 Å². The first-order chi connectivity index (χ1) is 13.7. The van der Waals surface area contributed by atoms with Gasteiger partial charge in [-0.3, -0.25) is 4.99 Å². The molecule has 8 nitrogen and oxygen atoms in total. The Bertz CT molecular complexity index is 582. The van der Waals surface area contributed by atoms with Crippen molar-refractivity contribution in [1.29, 1.82) is 0 Å². The molecule has 158 valence electrons. The molecule has 3 rings (SSSR count). The van der Waals surface area contributed by atoms with Crippen molar-refractivity contribution < 1.29 is 14.6 Å². The Morgan fingerprint density at radius 3 is 2.64 bits per heavy atom. The number of rotatable bonds is 11. The van der Waals surface area contributed by atoms with Crippen LogP contribution in [-0.4, -0.2) is 71.9 Å². The zero-order valence-corrected chi connectivity index (χ0v) is 17.1. The summed E-state index contributed by atoms with van der Waals surface area (Å²) >= 11 is 0. The number of fused-ring (bicyclic) bond motifs is 1. The molecule has 0 radical (unpaired) electrons. The van der Waals surface area contributed by atoms with E-state index in [1.165, 1.54) is 38.4 Å². The maximum atomic E-state index is 10.7. The highest BCUT2D eigenvalue weighted by atomic mass is 16.6. The molecule has 3 heterocycles. The van der Waals surface area contributed by atoms with E-state index in [-0.39, 0.29) is 18.3 Å². The van der Waals surface area contributed by atoms with Crippen LogP contribution in [0.2, 0.25) is 0 Å². The summed E-state index contributed by atoms with van der Waals surface area (Å²) in [6.07, 6.45) is 10.4. The monoisotopic (exact) mass is 393 g/mol. The standard InChI is InChI=1S/C20H35N5O3/c1-3-5-6-7-8-9-10-11-27-17-16(26)14(4-2)28-20(17)25-13-24-15-18(21)22-12-23-19(15)25/h12-17,19-20,26H,3-11H2,1-2H3,(H2,21,22,23)/t14-,15?,16?,17+,19?,20-/m1/s1. The minimum atomic E-state index is -0.661. The Kier molecular flexibility index (Phi) is 7.82. The lowest BCUT2D eigenvalue weighted by Gasteiger charge is -2.33. The van der Waals surface area contributed by atoms with Gasteiger partial charge < -0.3 is 25.2 Å². The van der Waals surface area contributed by atoms with Crippen molar-refractivity contribution in [3.05, 3.63) is 0 Å². The highest BCUT2D eigenvalue weighted by Crippen LogP contribution is 2.32. The molecule has 0 aliphatic carbocycles. The Morgan fingerprint density at radius 2 is 1.89 bits per heavy atom. The molecule has 0 aromatic heterocycles. The molecule has 28 heavy (non-hydrogen) atoms. The topological polar surface area (TPSA) is 105 Å². The molecule has 3 aliphatic rings. The highest BCUT2D eigenvalue weighted by Gasteiger charge is 2.50. The summed E-state index contributed by atoms with van der Waals surface area (Å²) in [7, 11) is 0. The van der Waals surface area contributed by atoms with E-state index in [0.29, 0.717) is 12.4 Å². The second-order valence-electron chi connectivity index (χ2n) is 7.81. The predicted octanol–water partition coefficient (Wildman–Crippen LogP) is 2.06. The Balaban J connectivity index is 1.52. The van der Waals surface area contributed by atoms with Crippen LogP contribution in [0.15, 0.2) is 15.0 Å². The second kappa shape index (κ2) is 10.3. The number of aliphatic hydroxyl groups excluding tert-OH is 1. The average molecular weight is 394 g/mol. The lowest BCUT2D eigenvalue weighted by molar-refractivity contribution is -0.0917. The van der Waals surface area contributed by atoms with Crippen molar-refractivity contribution in [3.8, 4) is 0 Å². The van der Waals surface area contributed by atoms with Crippen molar-refractivity contribution in [1.82, 2.24) is 4.90 Å². The van der Waals surface area contributed by atoms with Gasteiger partial charge in [0.15, 0.2) is 12.4 Å². The van der Waals surface area contributed by atoms with Gasteiger partial charge in [-0.15, -0.1) is 0 Å². The summed E-state index contributed by atoms with van der Waals surface area (Å²) in [5, 5.41) is 10.7. The van der Waals surface area contributed by atoms with E-state index in [0.717, 1.165) is 19.3 Å². The number of nitrogens with zero attached hydrogens (tertiary/aromatic N) is 4. The van der Waals surface area contributed by atoms with Crippen LogP contribution in [0.3, 0.4) is 0 Å². The van der Waals surface area contributed by atoms with Crippen LogP contribution in [0.1, 0.15) is 65.2 Å². The number of aliphatic imine (C=N–C) groups is 3. The molecular weight excluding hydrogens is 358 g/mol. The van der Waals surface area contributed by atoms with Crippen molar-refractivity contribution in [2.75, 3.05) is 6.61 Å². The van der Waals surface area contributed by atoms with Gasteiger partial charge in [0.05, 0.1) is 12.4 Å². The van der Waals surface area contributed by atoms with Crippen molar-refractivity contribution in [2.45, 2.75) is 102 Å². The predicted molar refractivity (Wildman–Crippen MR) is 111 cm³/mol. The first kappa shape index (κ1) is 21.2. The molecule has 0 aromatic carbocycles. The second-order valence-corrected chi connectivity index (χ2v) is 7.81. The normalized spacial score (nSPS) is 34.1. The molecule has 3 unspecified atom stereocenters. The molecule has 0 saturated carbocycles. The number of hydrogen-bond donors (Lipinski definition) is 2. The maximum Gasteiger partial charge on any atom is 0.162 e. The zero-order valence-electron chi connectivity index (χ0n) is 17.1. The molecular formula is C20H35N5O3. The molecule has 0 amide bonds. The van der Waals surface area contributed by atoms with E-state index in [2.05, 4.69) is 21.9 Å². The molecule has 1 saturated heterocycles. The number of nitrogens with two attached hydrogens (primary N) is 1. The third-order valence-electron chi connectivity index (χ3n) is 5.74. The van der Waals surface area contributed by atoms with Crippen LogP contribution < -0.4 is 5.73 Å². The fourth-order valence-electron chi connectivity index (χ4n) is 4.06. The molecule has 3 N–H and O–H groups in total. The van der Waals surface area contributed by atoms with Gasteiger partial charge in [0.25, 0.3) is 0 Å². The first-order valence-corrected chi connectivity index (χ1v) is 10.8. The van der Waals surface area contributed by atoms with Gasteiger partial charge in [-0.05, 0) is 12.8 Å². The molecule has 3 aliphatic heterocycles. The van der Waals surface area contributed by atoms with Crippen molar-refractivity contribution in [3.63, 3.8) is 0 Å². The Hall–Kier alpha value is -1.51. The van der Waals surface area contributed by atoms with Gasteiger partial charge in [0.1, 0.15) is 30.4 Å². The quantitative estimate of drug-likeness (QED) is 0.523. The van der Waals surface area contributed by atoms with Gasteiger partial charge in [0.2, 0.25) is 0 Å². The lowest BCUT2D eigenvalue weighted by Crippen LogP contribution is -2.52. The number of aliphatic hydroxyl groups is 1. The fourth-order valence-corrected chi connectivity index (χ4v) is 4.06. The van der Waals surface area contributed by atoms with Crippen LogP contribution in [0, 0.1) is 0 Å². The van der Waals surface area contributed by atoms with E-state index in [1.807, 2.05) is 11.8 Å². The summed E-state index contributed by atoms with van der Waals surface area (Å²) in [5.74, 6) is 0.449. The molecule has 0 aromatic rings. The summed E-state index contributed by atoms with van der Waals surface area (Å²) in [6, 6.07) is -0.296. The summed E-state index contributed by atoms with van der Waals surface area (Å²) in [4.78, 5) is 14.8. The summed E-state index contributed by atoms with van der Waals surface area (Å²) in [5.41, 5.74) is 5.95. The zero-order chi connectivity index (χ0) is 19.9. The van der Waals surface area contributed by atoms with Gasteiger partial charge in [-0.25, -0.2) is 9.98 Å². The number of hydrogen-bond acceptors (Lipinski definition) is 8. The third kappa shape index (κ3) is 4.72. The minimum absolute atomic E-state index is 0.255. The number of unbranched alkanes of at least 4 members (excludes halogenated alkanes) is 6. The molecule has 6 atom stereocenters. The van der Waals surface area contributed by atoms with Crippen molar-refractivity contribution in [2.24, 2.45) is 20.7 Å². The number of amidine groups is 1. The van der Waals surface area contributed by atoms with Gasteiger partial charge in [-0.1, -0.05) is 52.4 Å². The summed E-state index contributed by atoms with van der Waals surface area (Å²) in [6.45, 7) is 4.86. The largest absolute Gasteiger partial charge is 0.388 e.